The van der Waals surface area contributed by atoms with Gasteiger partial charge in [-0.05, 0) is 67.5 Å². The van der Waals surface area contributed by atoms with Crippen molar-refractivity contribution in [2.24, 2.45) is 0 Å². The maximum atomic E-state index is 12.7. The Bertz CT molecular complexity index is 1090. The molecular formula is C21H17N3O3S. The van der Waals surface area contributed by atoms with E-state index < -0.39 is 5.91 Å². The molecule has 6 nitrogen and oxygen atoms in total. The summed E-state index contributed by atoms with van der Waals surface area (Å²) in [6, 6.07) is 7.76. The minimum absolute atomic E-state index is 0.0303. The number of rotatable bonds is 3. The van der Waals surface area contributed by atoms with E-state index in [1.807, 2.05) is 19.1 Å². The molecule has 0 radical (unpaired) electrons. The van der Waals surface area contributed by atoms with Crippen LogP contribution in [0.25, 0.3) is 6.08 Å². The molecule has 0 atom stereocenters. The van der Waals surface area contributed by atoms with E-state index in [2.05, 4.69) is 11.4 Å². The zero-order valence-corrected chi connectivity index (χ0v) is 16.1. The first kappa shape index (κ1) is 18.1. The number of carbonyl (C=O) groups excluding carboxylic acids is 1. The predicted molar refractivity (Wildman–Crippen MR) is 105 cm³/mol. The quantitative estimate of drug-likeness (QED) is 0.628. The predicted octanol–water partition coefficient (Wildman–Crippen LogP) is 4.08. The summed E-state index contributed by atoms with van der Waals surface area (Å²) in [5.41, 5.74) is 3.13. The first-order valence-electron chi connectivity index (χ1n) is 8.98. The first-order chi connectivity index (χ1) is 13.6. The lowest BCUT2D eigenvalue weighted by Gasteiger charge is -2.09. The van der Waals surface area contributed by atoms with Crippen molar-refractivity contribution in [2.75, 3.05) is 12.1 Å². The van der Waals surface area contributed by atoms with Gasteiger partial charge >= 0.3 is 0 Å². The van der Waals surface area contributed by atoms with Gasteiger partial charge in [-0.3, -0.25) is 4.79 Å². The lowest BCUT2D eigenvalue weighted by Crippen LogP contribution is -2.13. The SMILES string of the molecule is Cc1cc2c(cc1C=C(C#N)C(=O)Nc1sc3c(c1C#N)CCCC3)OCO2. The van der Waals surface area contributed by atoms with E-state index in [0.29, 0.717) is 27.6 Å². The number of nitrogens with one attached hydrogen (secondary N) is 1. The minimum Gasteiger partial charge on any atom is -0.454 e. The molecule has 2 aliphatic rings. The highest BCUT2D eigenvalue weighted by Gasteiger charge is 2.23. The molecule has 0 saturated carbocycles. The monoisotopic (exact) mass is 391 g/mol. The summed E-state index contributed by atoms with van der Waals surface area (Å²) in [5, 5.41) is 22.3. The van der Waals surface area contributed by atoms with Crippen LogP contribution in [0.5, 0.6) is 11.5 Å². The number of ether oxygens (including phenoxy) is 2. The van der Waals surface area contributed by atoms with Gasteiger partial charge in [0.2, 0.25) is 6.79 Å². The van der Waals surface area contributed by atoms with E-state index in [1.165, 1.54) is 17.4 Å². The average molecular weight is 391 g/mol. The van der Waals surface area contributed by atoms with Gasteiger partial charge < -0.3 is 14.8 Å². The highest BCUT2D eigenvalue weighted by molar-refractivity contribution is 7.16. The van der Waals surface area contributed by atoms with Crippen molar-refractivity contribution >= 4 is 28.3 Å². The van der Waals surface area contributed by atoms with E-state index in [9.17, 15) is 15.3 Å². The van der Waals surface area contributed by atoms with Gasteiger partial charge in [-0.1, -0.05) is 0 Å². The van der Waals surface area contributed by atoms with Crippen LogP contribution in [-0.2, 0) is 17.6 Å². The van der Waals surface area contributed by atoms with Crippen LogP contribution in [0.4, 0.5) is 5.00 Å². The molecule has 7 heteroatoms. The number of hydrogen-bond donors (Lipinski definition) is 1. The summed E-state index contributed by atoms with van der Waals surface area (Å²) in [6.45, 7) is 2.04. The second-order valence-corrected chi connectivity index (χ2v) is 7.82. The number of anilines is 1. The van der Waals surface area contributed by atoms with Crippen LogP contribution in [0.15, 0.2) is 17.7 Å². The van der Waals surface area contributed by atoms with Crippen LogP contribution in [0.2, 0.25) is 0 Å². The standard InChI is InChI=1S/C21H17N3O3S/c1-12-6-17-18(27-11-26-17)8-13(12)7-14(9-22)20(25)24-21-16(10-23)15-4-2-3-5-19(15)28-21/h6-8H,2-5,11H2,1H3,(H,24,25). The van der Waals surface area contributed by atoms with Crippen molar-refractivity contribution in [3.8, 4) is 23.6 Å². The number of fused-ring (bicyclic) bond motifs is 2. The zero-order chi connectivity index (χ0) is 19.7. The highest BCUT2D eigenvalue weighted by Crippen LogP contribution is 2.38. The molecule has 4 rings (SSSR count). The molecule has 1 aromatic heterocycles. The number of nitrogens with zero attached hydrogens (tertiary/aromatic N) is 2. The van der Waals surface area contributed by atoms with Gasteiger partial charge in [0, 0.05) is 4.88 Å². The van der Waals surface area contributed by atoms with Crippen LogP contribution in [-0.4, -0.2) is 12.7 Å². The maximum absolute atomic E-state index is 12.7. The van der Waals surface area contributed by atoms with Crippen LogP contribution in [0, 0.1) is 29.6 Å². The van der Waals surface area contributed by atoms with Gasteiger partial charge in [0.05, 0.1) is 5.56 Å². The van der Waals surface area contributed by atoms with Crippen molar-refractivity contribution in [3.05, 3.63) is 44.8 Å². The molecule has 1 aromatic carbocycles. The van der Waals surface area contributed by atoms with Crippen LogP contribution >= 0.6 is 11.3 Å². The molecule has 0 saturated heterocycles. The summed E-state index contributed by atoms with van der Waals surface area (Å²) in [5.74, 6) is 0.724. The Hall–Kier alpha value is -3.29. The number of carbonyl (C=O) groups is 1. The summed E-state index contributed by atoms with van der Waals surface area (Å²) in [4.78, 5) is 13.9. The van der Waals surface area contributed by atoms with E-state index in [1.54, 1.807) is 6.07 Å². The Labute approximate surface area is 166 Å². The van der Waals surface area contributed by atoms with Crippen molar-refractivity contribution in [1.29, 1.82) is 10.5 Å². The summed E-state index contributed by atoms with van der Waals surface area (Å²) >= 11 is 1.44. The van der Waals surface area contributed by atoms with Gasteiger partial charge in [-0.15, -0.1) is 11.3 Å². The summed E-state index contributed by atoms with van der Waals surface area (Å²) < 4.78 is 10.7. The highest BCUT2D eigenvalue weighted by atomic mass is 32.1. The fraction of sp³-hybridized carbons (Fsp3) is 0.286. The van der Waals surface area contributed by atoms with Crippen molar-refractivity contribution in [3.63, 3.8) is 0 Å². The first-order valence-corrected chi connectivity index (χ1v) is 9.80. The molecule has 0 unspecified atom stereocenters. The third-order valence-corrected chi connectivity index (χ3v) is 6.14. The molecule has 0 spiro atoms. The fourth-order valence-corrected chi connectivity index (χ4v) is 4.70. The van der Waals surface area contributed by atoms with Gasteiger partial charge in [0.15, 0.2) is 11.5 Å². The van der Waals surface area contributed by atoms with Crippen LogP contribution in [0.3, 0.4) is 0 Å². The number of thiophene rings is 1. The summed E-state index contributed by atoms with van der Waals surface area (Å²) in [7, 11) is 0. The molecule has 140 valence electrons. The van der Waals surface area contributed by atoms with E-state index in [4.69, 9.17) is 9.47 Å². The molecule has 0 fully saturated rings. The number of aryl methyl sites for hydroxylation is 2. The van der Waals surface area contributed by atoms with E-state index in [0.717, 1.165) is 41.7 Å². The normalized spacial score (nSPS) is 14.8. The molecule has 1 N–H and O–H groups in total. The topological polar surface area (TPSA) is 95.1 Å². The van der Waals surface area contributed by atoms with E-state index in [-0.39, 0.29) is 12.4 Å². The Morgan fingerprint density at radius 1 is 1.21 bits per heavy atom. The lowest BCUT2D eigenvalue weighted by molar-refractivity contribution is -0.112. The molecule has 1 aliphatic carbocycles. The Morgan fingerprint density at radius 3 is 2.71 bits per heavy atom. The molecule has 2 heterocycles. The van der Waals surface area contributed by atoms with Gasteiger partial charge in [0.25, 0.3) is 5.91 Å². The smallest absolute Gasteiger partial charge is 0.266 e. The Morgan fingerprint density at radius 2 is 1.96 bits per heavy atom. The maximum Gasteiger partial charge on any atom is 0.266 e. The minimum atomic E-state index is -0.519. The third kappa shape index (κ3) is 3.21. The largest absolute Gasteiger partial charge is 0.454 e. The van der Waals surface area contributed by atoms with Crippen molar-refractivity contribution in [1.82, 2.24) is 0 Å². The van der Waals surface area contributed by atoms with Gasteiger partial charge in [-0.25, -0.2) is 0 Å². The third-order valence-electron chi connectivity index (χ3n) is 4.94. The summed E-state index contributed by atoms with van der Waals surface area (Å²) in [6.07, 6.45) is 5.48. The van der Waals surface area contributed by atoms with Crippen molar-refractivity contribution < 1.29 is 14.3 Å². The van der Waals surface area contributed by atoms with Gasteiger partial charge in [-0.2, -0.15) is 10.5 Å². The second-order valence-electron chi connectivity index (χ2n) is 6.71. The molecule has 1 amide bonds. The van der Waals surface area contributed by atoms with Gasteiger partial charge in [0.1, 0.15) is 22.7 Å². The molecule has 1 aliphatic heterocycles. The number of amides is 1. The lowest BCUT2D eigenvalue weighted by atomic mass is 9.96. The second kappa shape index (κ2) is 7.38. The van der Waals surface area contributed by atoms with Crippen LogP contribution in [0.1, 0.15) is 40.0 Å². The molecule has 2 aromatic rings. The molecule has 0 bridgehead atoms. The number of hydrogen-bond acceptors (Lipinski definition) is 6. The van der Waals surface area contributed by atoms with Crippen molar-refractivity contribution in [2.45, 2.75) is 32.6 Å². The molecule has 28 heavy (non-hydrogen) atoms. The van der Waals surface area contributed by atoms with Crippen LogP contribution < -0.4 is 14.8 Å². The number of nitriles is 2. The molecular weight excluding hydrogens is 374 g/mol. The van der Waals surface area contributed by atoms with E-state index >= 15 is 0 Å². The Kier molecular flexibility index (Phi) is 4.77. The average Bonchev–Trinajstić information content (AvgIpc) is 3.28. The number of benzene rings is 1. The fourth-order valence-electron chi connectivity index (χ4n) is 3.46. The zero-order valence-electron chi connectivity index (χ0n) is 15.3. The Balaban J connectivity index is 1.63.